The van der Waals surface area contributed by atoms with E-state index in [0.29, 0.717) is 13.1 Å². The lowest BCUT2D eigenvalue weighted by Crippen LogP contribution is -2.40. The van der Waals surface area contributed by atoms with E-state index in [9.17, 15) is 0 Å². The lowest BCUT2D eigenvalue weighted by Gasteiger charge is -2.24. The SMILES string of the molecule is COc1ccc(CN(C)C(=NCC2CCCO2)NCCc2ccco2)c(OC)c1. The average molecular weight is 402 g/mol. The second-order valence-corrected chi connectivity index (χ2v) is 7.09. The van der Waals surface area contributed by atoms with Gasteiger partial charge >= 0.3 is 0 Å². The van der Waals surface area contributed by atoms with Crippen molar-refractivity contribution in [3.8, 4) is 11.5 Å². The second kappa shape index (κ2) is 10.8. The summed E-state index contributed by atoms with van der Waals surface area (Å²) in [6, 6.07) is 9.76. The van der Waals surface area contributed by atoms with Gasteiger partial charge in [0.25, 0.3) is 0 Å². The summed E-state index contributed by atoms with van der Waals surface area (Å²) in [5.74, 6) is 3.36. The van der Waals surface area contributed by atoms with Crippen LogP contribution >= 0.6 is 0 Å². The highest BCUT2D eigenvalue weighted by molar-refractivity contribution is 5.79. The number of aliphatic imine (C=N–C) groups is 1. The Balaban J connectivity index is 1.66. The van der Waals surface area contributed by atoms with E-state index < -0.39 is 0 Å². The molecule has 0 aliphatic carbocycles. The third-order valence-electron chi connectivity index (χ3n) is 4.97. The fraction of sp³-hybridized carbons (Fsp3) is 0.500. The molecule has 0 amide bonds. The first-order valence-electron chi connectivity index (χ1n) is 10.0. The van der Waals surface area contributed by atoms with Crippen LogP contribution in [0, 0.1) is 0 Å². The van der Waals surface area contributed by atoms with E-state index in [1.807, 2.05) is 37.4 Å². The lowest BCUT2D eigenvalue weighted by atomic mass is 10.2. The van der Waals surface area contributed by atoms with E-state index in [0.717, 1.165) is 61.2 Å². The third kappa shape index (κ3) is 6.15. The van der Waals surface area contributed by atoms with Crippen LogP contribution in [0.4, 0.5) is 0 Å². The van der Waals surface area contributed by atoms with Crippen molar-refractivity contribution in [1.29, 1.82) is 0 Å². The number of furan rings is 1. The molecular formula is C22H31N3O4. The van der Waals surface area contributed by atoms with Gasteiger partial charge in [0.1, 0.15) is 17.3 Å². The van der Waals surface area contributed by atoms with Gasteiger partial charge in [0, 0.05) is 44.8 Å². The Bertz CT molecular complexity index is 770. The lowest BCUT2D eigenvalue weighted by molar-refractivity contribution is 0.117. The van der Waals surface area contributed by atoms with Gasteiger partial charge in [-0.3, -0.25) is 4.99 Å². The topological polar surface area (TPSA) is 68.5 Å². The maximum absolute atomic E-state index is 5.72. The van der Waals surface area contributed by atoms with Gasteiger partial charge in [-0.05, 0) is 37.1 Å². The Morgan fingerprint density at radius 1 is 1.28 bits per heavy atom. The molecule has 2 aromatic rings. The van der Waals surface area contributed by atoms with Crippen LogP contribution in [0.1, 0.15) is 24.2 Å². The molecule has 3 rings (SSSR count). The van der Waals surface area contributed by atoms with Crippen LogP contribution in [0.3, 0.4) is 0 Å². The molecule has 1 aromatic heterocycles. The minimum atomic E-state index is 0.209. The number of hydrogen-bond donors (Lipinski definition) is 1. The normalized spacial score (nSPS) is 16.7. The van der Waals surface area contributed by atoms with Crippen molar-refractivity contribution in [1.82, 2.24) is 10.2 Å². The van der Waals surface area contributed by atoms with Crippen LogP contribution in [0.15, 0.2) is 46.0 Å². The molecule has 2 heterocycles. The maximum atomic E-state index is 5.72. The standard InChI is InChI=1S/C22H31N3O4/c1-25(16-17-8-9-19(26-2)14-21(17)27-3)22(24-15-20-7-5-13-29-20)23-11-10-18-6-4-12-28-18/h4,6,8-9,12,14,20H,5,7,10-11,13,15-16H2,1-3H3,(H,23,24). The van der Waals surface area contributed by atoms with Gasteiger partial charge in [0.15, 0.2) is 5.96 Å². The summed E-state index contributed by atoms with van der Waals surface area (Å²) in [5, 5.41) is 3.46. The summed E-state index contributed by atoms with van der Waals surface area (Å²) in [7, 11) is 5.35. The van der Waals surface area contributed by atoms with Crippen molar-refractivity contribution >= 4 is 5.96 Å². The monoisotopic (exact) mass is 401 g/mol. The average Bonchev–Trinajstić information content (AvgIpc) is 3.44. The number of rotatable bonds is 9. The van der Waals surface area contributed by atoms with Crippen molar-refractivity contribution in [3.05, 3.63) is 47.9 Å². The van der Waals surface area contributed by atoms with E-state index in [4.69, 9.17) is 23.6 Å². The highest BCUT2D eigenvalue weighted by atomic mass is 16.5. The molecule has 0 bridgehead atoms. The Kier molecular flexibility index (Phi) is 7.81. The largest absolute Gasteiger partial charge is 0.497 e. The summed E-state index contributed by atoms with van der Waals surface area (Å²) in [4.78, 5) is 6.92. The smallest absolute Gasteiger partial charge is 0.194 e. The highest BCUT2D eigenvalue weighted by Crippen LogP contribution is 2.25. The predicted octanol–water partition coefficient (Wildman–Crippen LogP) is 3.10. The van der Waals surface area contributed by atoms with E-state index in [-0.39, 0.29) is 6.10 Å². The number of nitrogens with one attached hydrogen (secondary N) is 1. The van der Waals surface area contributed by atoms with Crippen LogP contribution in [0.2, 0.25) is 0 Å². The summed E-state index contributed by atoms with van der Waals surface area (Å²) in [5.41, 5.74) is 1.06. The molecule has 1 atom stereocenters. The minimum Gasteiger partial charge on any atom is -0.497 e. The zero-order valence-corrected chi connectivity index (χ0v) is 17.5. The Labute approximate surface area is 172 Å². The number of ether oxygens (including phenoxy) is 3. The van der Waals surface area contributed by atoms with Crippen LogP contribution < -0.4 is 14.8 Å². The molecule has 1 aromatic carbocycles. The number of nitrogens with zero attached hydrogens (tertiary/aromatic N) is 2. The van der Waals surface area contributed by atoms with E-state index in [1.54, 1.807) is 20.5 Å². The number of benzene rings is 1. The zero-order valence-electron chi connectivity index (χ0n) is 17.5. The van der Waals surface area contributed by atoms with Crippen molar-refractivity contribution in [3.63, 3.8) is 0 Å². The quantitative estimate of drug-likeness (QED) is 0.514. The van der Waals surface area contributed by atoms with Crippen molar-refractivity contribution in [2.75, 3.05) is 41.0 Å². The van der Waals surface area contributed by atoms with E-state index in [2.05, 4.69) is 10.2 Å². The summed E-state index contributed by atoms with van der Waals surface area (Å²) >= 11 is 0. The molecule has 0 radical (unpaired) electrons. The molecule has 29 heavy (non-hydrogen) atoms. The molecular weight excluding hydrogens is 370 g/mol. The molecule has 1 aliphatic heterocycles. The fourth-order valence-corrected chi connectivity index (χ4v) is 3.35. The van der Waals surface area contributed by atoms with Gasteiger partial charge in [-0.15, -0.1) is 0 Å². The van der Waals surface area contributed by atoms with Crippen molar-refractivity contribution < 1.29 is 18.6 Å². The van der Waals surface area contributed by atoms with Crippen LogP contribution in [-0.2, 0) is 17.7 Å². The van der Waals surface area contributed by atoms with Crippen LogP contribution in [-0.4, -0.2) is 57.9 Å². The molecule has 0 saturated carbocycles. The Morgan fingerprint density at radius 2 is 2.17 bits per heavy atom. The molecule has 1 fully saturated rings. The first-order valence-corrected chi connectivity index (χ1v) is 10.0. The summed E-state index contributed by atoms with van der Waals surface area (Å²) < 4.78 is 22.0. The van der Waals surface area contributed by atoms with Gasteiger partial charge in [-0.1, -0.05) is 0 Å². The summed E-state index contributed by atoms with van der Waals surface area (Å²) in [6.07, 6.45) is 4.88. The zero-order chi connectivity index (χ0) is 20.5. The molecule has 1 N–H and O–H groups in total. The van der Waals surface area contributed by atoms with E-state index >= 15 is 0 Å². The number of guanidine groups is 1. The van der Waals surface area contributed by atoms with Gasteiger partial charge < -0.3 is 28.8 Å². The van der Waals surface area contributed by atoms with Crippen LogP contribution in [0.5, 0.6) is 11.5 Å². The van der Waals surface area contributed by atoms with Crippen LogP contribution in [0.25, 0.3) is 0 Å². The predicted molar refractivity (Wildman–Crippen MR) is 113 cm³/mol. The fourth-order valence-electron chi connectivity index (χ4n) is 3.35. The molecule has 1 unspecified atom stereocenters. The maximum Gasteiger partial charge on any atom is 0.194 e. The third-order valence-corrected chi connectivity index (χ3v) is 4.97. The molecule has 7 nitrogen and oxygen atoms in total. The molecule has 0 spiro atoms. The summed E-state index contributed by atoms with van der Waals surface area (Å²) in [6.45, 7) is 2.89. The number of hydrogen-bond acceptors (Lipinski definition) is 5. The van der Waals surface area contributed by atoms with Gasteiger partial charge in [0.2, 0.25) is 0 Å². The molecule has 158 valence electrons. The molecule has 1 aliphatic rings. The Morgan fingerprint density at radius 3 is 2.86 bits per heavy atom. The Hall–Kier alpha value is -2.67. The minimum absolute atomic E-state index is 0.209. The highest BCUT2D eigenvalue weighted by Gasteiger charge is 2.17. The van der Waals surface area contributed by atoms with Crippen molar-refractivity contribution in [2.45, 2.75) is 31.9 Å². The number of methoxy groups -OCH3 is 2. The first-order chi connectivity index (χ1) is 14.2. The van der Waals surface area contributed by atoms with Crippen molar-refractivity contribution in [2.24, 2.45) is 4.99 Å². The van der Waals surface area contributed by atoms with Gasteiger partial charge in [-0.25, -0.2) is 0 Å². The van der Waals surface area contributed by atoms with Gasteiger partial charge in [-0.2, -0.15) is 0 Å². The molecule has 7 heteroatoms. The van der Waals surface area contributed by atoms with Gasteiger partial charge in [0.05, 0.1) is 33.1 Å². The second-order valence-electron chi connectivity index (χ2n) is 7.09. The van der Waals surface area contributed by atoms with E-state index in [1.165, 1.54) is 0 Å². The first kappa shape index (κ1) is 21.0. The molecule has 1 saturated heterocycles.